The summed E-state index contributed by atoms with van der Waals surface area (Å²) in [7, 11) is 0. The van der Waals surface area contributed by atoms with Gasteiger partial charge in [-0.15, -0.1) is 0 Å². The van der Waals surface area contributed by atoms with Gasteiger partial charge in [-0.25, -0.2) is 5.32 Å². The zero-order valence-electron chi connectivity index (χ0n) is 19.2. The first-order valence-electron chi connectivity index (χ1n) is 12.0. The second kappa shape index (κ2) is 14.1. The molecule has 1 heterocycles. The Morgan fingerprint density at radius 2 is 1.50 bits per heavy atom. The molecule has 0 aliphatic carbocycles. The maximum Gasteiger partial charge on any atom is 0.257 e. The Morgan fingerprint density at radius 3 is 2.22 bits per heavy atom. The van der Waals surface area contributed by atoms with Crippen LogP contribution in [0.15, 0.2) is 53.1 Å². The van der Waals surface area contributed by atoms with Crippen LogP contribution in [0.5, 0.6) is 0 Å². The van der Waals surface area contributed by atoms with Crippen LogP contribution >= 0.6 is 11.6 Å². The monoisotopic (exact) mass is 452 g/mol. The molecule has 1 aromatic heterocycles. The van der Waals surface area contributed by atoms with Crippen molar-refractivity contribution >= 4 is 11.6 Å². The van der Waals surface area contributed by atoms with Crippen molar-refractivity contribution in [2.45, 2.75) is 84.2 Å². The van der Waals surface area contributed by atoms with Crippen molar-refractivity contribution in [3.05, 3.63) is 70.5 Å². The molecule has 0 spiro atoms. The van der Waals surface area contributed by atoms with E-state index in [0.29, 0.717) is 19.0 Å². The lowest BCUT2D eigenvalue weighted by molar-refractivity contribution is 0.421. The van der Waals surface area contributed by atoms with Crippen LogP contribution in [0.1, 0.15) is 81.7 Å². The highest BCUT2D eigenvalue weighted by molar-refractivity contribution is 6.30. The van der Waals surface area contributed by atoms with Gasteiger partial charge < -0.3 is 4.52 Å². The summed E-state index contributed by atoms with van der Waals surface area (Å²) in [6.07, 6.45) is 12.7. The van der Waals surface area contributed by atoms with E-state index in [9.17, 15) is 0 Å². The van der Waals surface area contributed by atoms with E-state index in [2.05, 4.69) is 34.5 Å². The number of halogens is 1. The Kier molecular flexibility index (Phi) is 10.8. The Labute approximate surface area is 197 Å². The highest BCUT2D eigenvalue weighted by Gasteiger charge is 2.09. The molecule has 2 aromatic carbocycles. The molecule has 0 bridgehead atoms. The third-order valence-electron chi connectivity index (χ3n) is 5.65. The van der Waals surface area contributed by atoms with Gasteiger partial charge in [0, 0.05) is 30.1 Å². The zero-order valence-corrected chi connectivity index (χ0v) is 20.0. The fraction of sp³-hybridized carbons (Fsp3) is 0.481. The quantitative estimate of drug-likeness (QED) is 0.221. The van der Waals surface area contributed by atoms with Gasteiger partial charge in [-0.1, -0.05) is 99.3 Å². The highest BCUT2D eigenvalue weighted by Crippen LogP contribution is 2.19. The number of hydrogen-bond acceptors (Lipinski definition) is 3. The minimum Gasteiger partial charge on any atom is -0.334 e. The summed E-state index contributed by atoms with van der Waals surface area (Å²) < 4.78 is 5.48. The van der Waals surface area contributed by atoms with Crippen LogP contribution in [0.2, 0.25) is 5.02 Å². The Bertz CT molecular complexity index is 907. The summed E-state index contributed by atoms with van der Waals surface area (Å²) in [6.45, 7) is 3.59. The van der Waals surface area contributed by atoms with Gasteiger partial charge in [0.2, 0.25) is 0 Å². The number of rotatable bonds is 15. The maximum atomic E-state index is 6.02. The summed E-state index contributed by atoms with van der Waals surface area (Å²) in [5.74, 6) is 1.40. The minimum absolute atomic E-state index is 0.596. The lowest BCUT2D eigenvalue weighted by Crippen LogP contribution is -2.04. The average Bonchev–Trinajstić information content (AvgIpc) is 3.27. The number of aryl methyl sites for hydroxylation is 1. The van der Waals surface area contributed by atoms with Crippen molar-refractivity contribution in [1.82, 2.24) is 15.5 Å². The molecule has 0 aliphatic rings. The third kappa shape index (κ3) is 8.76. The molecule has 3 aromatic rings. The van der Waals surface area contributed by atoms with E-state index in [0.717, 1.165) is 40.4 Å². The molecule has 0 fully saturated rings. The van der Waals surface area contributed by atoms with Crippen molar-refractivity contribution in [3.8, 4) is 11.5 Å². The third-order valence-corrected chi connectivity index (χ3v) is 5.89. The molecule has 3 rings (SSSR count). The molecular formula is C27H35ClN3O. The first kappa shape index (κ1) is 24.5. The van der Waals surface area contributed by atoms with E-state index in [4.69, 9.17) is 16.1 Å². The molecule has 0 aliphatic heterocycles. The van der Waals surface area contributed by atoms with Crippen LogP contribution in [0.25, 0.3) is 11.5 Å². The van der Waals surface area contributed by atoms with Crippen LogP contribution < -0.4 is 5.32 Å². The molecule has 171 valence electrons. The first-order chi connectivity index (χ1) is 15.7. The smallest absolute Gasteiger partial charge is 0.257 e. The molecule has 0 N–H and O–H groups in total. The van der Waals surface area contributed by atoms with Crippen LogP contribution in [0.4, 0.5) is 0 Å². The van der Waals surface area contributed by atoms with Crippen molar-refractivity contribution in [2.24, 2.45) is 0 Å². The number of benzene rings is 2. The van der Waals surface area contributed by atoms with E-state index in [-0.39, 0.29) is 0 Å². The standard InChI is InChI=1S/C27H35ClN3O/c1-2-3-4-5-6-7-8-9-10-14-26-30-27(32-31-26)24-17-15-22(16-18-24)20-29-21-23-12-11-13-25(28)19-23/h11-13,15-19H,2-10,14,20-21H2,1H3. The van der Waals surface area contributed by atoms with Crippen molar-refractivity contribution in [1.29, 1.82) is 0 Å². The van der Waals surface area contributed by atoms with Crippen LogP contribution in [0.3, 0.4) is 0 Å². The molecule has 1 radical (unpaired) electrons. The molecule has 0 saturated heterocycles. The van der Waals surface area contributed by atoms with Crippen molar-refractivity contribution in [2.75, 3.05) is 0 Å². The second-order valence-corrected chi connectivity index (χ2v) is 8.90. The van der Waals surface area contributed by atoms with Gasteiger partial charge in [-0.2, -0.15) is 4.98 Å². The molecule has 5 heteroatoms. The van der Waals surface area contributed by atoms with E-state index in [1.54, 1.807) is 0 Å². The maximum absolute atomic E-state index is 6.02. The normalized spacial score (nSPS) is 11.2. The molecule has 4 nitrogen and oxygen atoms in total. The number of nitrogens with zero attached hydrogens (tertiary/aromatic N) is 3. The van der Waals surface area contributed by atoms with Gasteiger partial charge in [-0.05, 0) is 41.8 Å². The average molecular weight is 453 g/mol. The fourth-order valence-electron chi connectivity index (χ4n) is 3.77. The minimum atomic E-state index is 0.596. The SMILES string of the molecule is CCCCCCCCCCCc1noc(-c2ccc(C[N]Cc3cccc(Cl)c3)cc2)n1. The lowest BCUT2D eigenvalue weighted by Gasteiger charge is -2.04. The van der Waals surface area contributed by atoms with Gasteiger partial charge in [0.15, 0.2) is 5.82 Å². The van der Waals surface area contributed by atoms with Gasteiger partial charge in [0.05, 0.1) is 0 Å². The summed E-state index contributed by atoms with van der Waals surface area (Å²) in [6, 6.07) is 16.0. The van der Waals surface area contributed by atoms with Crippen molar-refractivity contribution < 1.29 is 4.52 Å². The second-order valence-electron chi connectivity index (χ2n) is 8.46. The summed E-state index contributed by atoms with van der Waals surface area (Å²) in [5, 5.41) is 9.53. The molecular weight excluding hydrogens is 418 g/mol. The Balaban J connectivity index is 1.34. The van der Waals surface area contributed by atoms with Crippen LogP contribution in [-0.2, 0) is 19.5 Å². The van der Waals surface area contributed by atoms with E-state index in [1.807, 2.05) is 36.4 Å². The molecule has 0 amide bonds. The van der Waals surface area contributed by atoms with Gasteiger partial charge >= 0.3 is 0 Å². The first-order valence-corrected chi connectivity index (χ1v) is 12.4. The van der Waals surface area contributed by atoms with Gasteiger partial charge in [0.25, 0.3) is 5.89 Å². The highest BCUT2D eigenvalue weighted by atomic mass is 35.5. The van der Waals surface area contributed by atoms with Crippen LogP contribution in [-0.4, -0.2) is 10.1 Å². The topological polar surface area (TPSA) is 53.0 Å². The molecule has 0 unspecified atom stereocenters. The van der Waals surface area contributed by atoms with E-state index < -0.39 is 0 Å². The summed E-state index contributed by atoms with van der Waals surface area (Å²) >= 11 is 6.02. The lowest BCUT2D eigenvalue weighted by atomic mass is 10.1. The predicted octanol–water partition coefficient (Wildman–Crippen LogP) is 7.77. The predicted molar refractivity (Wildman–Crippen MR) is 132 cm³/mol. The summed E-state index contributed by atoms with van der Waals surface area (Å²) in [5.41, 5.74) is 3.24. The largest absolute Gasteiger partial charge is 0.334 e. The van der Waals surface area contributed by atoms with Gasteiger partial charge in [0.1, 0.15) is 0 Å². The summed E-state index contributed by atoms with van der Waals surface area (Å²) in [4.78, 5) is 4.57. The van der Waals surface area contributed by atoms with E-state index >= 15 is 0 Å². The zero-order chi connectivity index (χ0) is 22.4. The fourth-order valence-corrected chi connectivity index (χ4v) is 3.98. The number of aromatic nitrogens is 2. The molecule has 0 atom stereocenters. The van der Waals surface area contributed by atoms with Gasteiger partial charge in [-0.3, -0.25) is 0 Å². The Morgan fingerprint density at radius 1 is 0.812 bits per heavy atom. The van der Waals surface area contributed by atoms with E-state index in [1.165, 1.54) is 51.4 Å². The Hall–Kier alpha value is -2.17. The van der Waals surface area contributed by atoms with Crippen molar-refractivity contribution in [3.63, 3.8) is 0 Å². The number of hydrogen-bond donors (Lipinski definition) is 0. The molecule has 0 saturated carbocycles. The van der Waals surface area contributed by atoms with Crippen LogP contribution in [0, 0.1) is 0 Å². The molecule has 32 heavy (non-hydrogen) atoms. The number of unbranched alkanes of at least 4 members (excludes halogenated alkanes) is 8.